The summed E-state index contributed by atoms with van der Waals surface area (Å²) in [5.41, 5.74) is -0.844. The predicted octanol–water partition coefficient (Wildman–Crippen LogP) is 2.60. The molecule has 15 heavy (non-hydrogen) atoms. The van der Waals surface area contributed by atoms with Gasteiger partial charge in [-0.2, -0.15) is 0 Å². The van der Waals surface area contributed by atoms with Gasteiger partial charge in [-0.25, -0.2) is 0 Å². The molecule has 1 aromatic heterocycles. The molecule has 0 fully saturated rings. The Balaban J connectivity index is 2.85. The molecule has 0 aliphatic carbocycles. The van der Waals surface area contributed by atoms with E-state index in [0.717, 1.165) is 0 Å². The number of carboxylic acids is 1. The van der Waals surface area contributed by atoms with Crippen LogP contribution < -0.4 is 0 Å². The number of nitrogens with zero attached hydrogens (tertiary/aromatic N) is 1. The van der Waals surface area contributed by atoms with E-state index in [1.54, 1.807) is 25.2 Å². The van der Waals surface area contributed by atoms with Crippen LogP contribution in [0.4, 0.5) is 0 Å². The molecule has 1 rings (SSSR count). The average Bonchev–Trinajstić information content (AvgIpc) is 2.67. The van der Waals surface area contributed by atoms with E-state index in [1.807, 2.05) is 36.4 Å². The van der Waals surface area contributed by atoms with Gasteiger partial charge in [-0.05, 0) is 39.3 Å². The Labute approximate surface area is 94.3 Å². The molecule has 1 aromatic rings. The van der Waals surface area contributed by atoms with Crippen LogP contribution in [0.15, 0.2) is 17.5 Å². The molecule has 0 saturated heterocycles. The van der Waals surface area contributed by atoms with E-state index in [2.05, 4.69) is 0 Å². The van der Waals surface area contributed by atoms with E-state index in [1.165, 1.54) is 4.88 Å². The Hall–Kier alpha value is -0.870. The normalized spacial score (nSPS) is 14.2. The van der Waals surface area contributed by atoms with Gasteiger partial charge < -0.3 is 5.11 Å². The lowest BCUT2D eigenvalue weighted by Crippen LogP contribution is -2.48. The fourth-order valence-electron chi connectivity index (χ4n) is 1.35. The molecular weight excluding hydrogens is 210 g/mol. The maximum absolute atomic E-state index is 11.1. The molecule has 84 valence electrons. The van der Waals surface area contributed by atoms with Crippen molar-refractivity contribution in [1.29, 1.82) is 0 Å². The number of hydrogen-bond donors (Lipinski definition) is 1. The standard InChI is InChI=1S/C11H17NO2S/c1-8(9-6-5-7-15-9)12(4)11(2,3)10(13)14/h5-8H,1-4H3,(H,13,14). The first kappa shape index (κ1) is 12.2. The molecule has 0 spiro atoms. The number of hydrogen-bond acceptors (Lipinski definition) is 3. The summed E-state index contributed by atoms with van der Waals surface area (Å²) in [4.78, 5) is 14.2. The van der Waals surface area contributed by atoms with Crippen molar-refractivity contribution in [3.8, 4) is 0 Å². The Bertz CT molecular complexity index is 332. The molecule has 1 unspecified atom stereocenters. The highest BCUT2D eigenvalue weighted by atomic mass is 32.1. The SMILES string of the molecule is CC(c1cccs1)N(C)C(C)(C)C(=O)O. The molecule has 0 amide bonds. The molecule has 0 aliphatic rings. The number of likely N-dealkylation sites (N-methyl/N-ethyl adjacent to an activating group) is 1. The van der Waals surface area contributed by atoms with Crippen LogP contribution in [-0.4, -0.2) is 28.6 Å². The second kappa shape index (κ2) is 4.33. The van der Waals surface area contributed by atoms with Gasteiger partial charge in [-0.1, -0.05) is 6.07 Å². The molecule has 1 N–H and O–H groups in total. The lowest BCUT2D eigenvalue weighted by atomic mass is 10.0. The summed E-state index contributed by atoms with van der Waals surface area (Å²) in [6, 6.07) is 4.14. The zero-order valence-electron chi connectivity index (χ0n) is 9.52. The van der Waals surface area contributed by atoms with Crippen LogP contribution in [-0.2, 0) is 4.79 Å². The van der Waals surface area contributed by atoms with Gasteiger partial charge in [-0.15, -0.1) is 11.3 Å². The summed E-state index contributed by atoms with van der Waals surface area (Å²) in [5, 5.41) is 11.1. The molecule has 0 aromatic carbocycles. The van der Waals surface area contributed by atoms with E-state index < -0.39 is 11.5 Å². The lowest BCUT2D eigenvalue weighted by Gasteiger charge is -2.35. The second-order valence-electron chi connectivity index (χ2n) is 4.17. The maximum atomic E-state index is 11.1. The molecule has 0 bridgehead atoms. The largest absolute Gasteiger partial charge is 0.480 e. The van der Waals surface area contributed by atoms with Gasteiger partial charge in [-0.3, -0.25) is 9.69 Å². The summed E-state index contributed by atoms with van der Waals surface area (Å²) in [6.45, 7) is 5.47. The fourth-order valence-corrected chi connectivity index (χ4v) is 2.18. The predicted molar refractivity (Wildman–Crippen MR) is 62.2 cm³/mol. The Morgan fingerprint density at radius 3 is 2.60 bits per heavy atom. The number of carbonyl (C=O) groups is 1. The van der Waals surface area contributed by atoms with Crippen LogP contribution in [0.2, 0.25) is 0 Å². The number of rotatable bonds is 4. The van der Waals surface area contributed by atoms with Crippen molar-refractivity contribution in [2.75, 3.05) is 7.05 Å². The van der Waals surface area contributed by atoms with Crippen molar-refractivity contribution in [2.45, 2.75) is 32.4 Å². The van der Waals surface area contributed by atoms with Crippen LogP contribution in [0.1, 0.15) is 31.7 Å². The van der Waals surface area contributed by atoms with E-state index in [0.29, 0.717) is 0 Å². The third-order valence-electron chi connectivity index (χ3n) is 2.94. The second-order valence-corrected chi connectivity index (χ2v) is 5.15. The first-order valence-electron chi connectivity index (χ1n) is 4.87. The highest BCUT2D eigenvalue weighted by Gasteiger charge is 2.35. The van der Waals surface area contributed by atoms with Crippen molar-refractivity contribution >= 4 is 17.3 Å². The Morgan fingerprint density at radius 2 is 2.20 bits per heavy atom. The third kappa shape index (κ3) is 2.38. The van der Waals surface area contributed by atoms with Gasteiger partial charge in [0.2, 0.25) is 0 Å². The van der Waals surface area contributed by atoms with E-state index >= 15 is 0 Å². The zero-order valence-corrected chi connectivity index (χ0v) is 10.3. The first-order chi connectivity index (χ1) is 6.87. The third-order valence-corrected chi connectivity index (χ3v) is 3.98. The molecular formula is C11H17NO2S. The summed E-state index contributed by atoms with van der Waals surface area (Å²) in [5.74, 6) is -0.798. The van der Waals surface area contributed by atoms with Crippen LogP contribution in [0, 0.1) is 0 Å². The van der Waals surface area contributed by atoms with Crippen LogP contribution in [0.5, 0.6) is 0 Å². The number of carboxylic acid groups (broad SMARTS) is 1. The summed E-state index contributed by atoms with van der Waals surface area (Å²) in [7, 11) is 1.85. The maximum Gasteiger partial charge on any atom is 0.323 e. The zero-order chi connectivity index (χ0) is 11.6. The average molecular weight is 227 g/mol. The van der Waals surface area contributed by atoms with Gasteiger partial charge in [0.25, 0.3) is 0 Å². The van der Waals surface area contributed by atoms with Gasteiger partial charge >= 0.3 is 5.97 Å². The Kier molecular flexibility index (Phi) is 3.52. The first-order valence-corrected chi connectivity index (χ1v) is 5.75. The van der Waals surface area contributed by atoms with Crippen LogP contribution in [0.3, 0.4) is 0 Å². The lowest BCUT2D eigenvalue weighted by molar-refractivity contribution is -0.149. The molecule has 0 radical (unpaired) electrons. The van der Waals surface area contributed by atoms with Gasteiger partial charge in [0.15, 0.2) is 0 Å². The number of thiophene rings is 1. The monoisotopic (exact) mass is 227 g/mol. The molecule has 4 heteroatoms. The van der Waals surface area contributed by atoms with Crippen molar-refractivity contribution < 1.29 is 9.90 Å². The van der Waals surface area contributed by atoms with Crippen molar-refractivity contribution in [3.05, 3.63) is 22.4 Å². The van der Waals surface area contributed by atoms with E-state index in [4.69, 9.17) is 5.11 Å². The minimum absolute atomic E-state index is 0.121. The van der Waals surface area contributed by atoms with Gasteiger partial charge in [0.05, 0.1) is 0 Å². The summed E-state index contributed by atoms with van der Waals surface area (Å²) in [6.07, 6.45) is 0. The van der Waals surface area contributed by atoms with Crippen molar-refractivity contribution in [1.82, 2.24) is 4.90 Å². The van der Waals surface area contributed by atoms with Crippen molar-refractivity contribution in [2.24, 2.45) is 0 Å². The van der Waals surface area contributed by atoms with Gasteiger partial charge in [0.1, 0.15) is 5.54 Å². The Morgan fingerprint density at radius 1 is 1.60 bits per heavy atom. The number of aliphatic carboxylic acids is 1. The highest BCUT2D eigenvalue weighted by molar-refractivity contribution is 7.10. The van der Waals surface area contributed by atoms with Crippen molar-refractivity contribution in [3.63, 3.8) is 0 Å². The molecule has 1 heterocycles. The minimum Gasteiger partial charge on any atom is -0.480 e. The summed E-state index contributed by atoms with van der Waals surface area (Å²) >= 11 is 1.65. The van der Waals surface area contributed by atoms with E-state index in [-0.39, 0.29) is 6.04 Å². The van der Waals surface area contributed by atoms with Crippen LogP contribution >= 0.6 is 11.3 Å². The molecule has 0 saturated carbocycles. The smallest absolute Gasteiger partial charge is 0.323 e. The molecule has 0 aliphatic heterocycles. The summed E-state index contributed by atoms with van der Waals surface area (Å²) < 4.78 is 0. The highest BCUT2D eigenvalue weighted by Crippen LogP contribution is 2.29. The molecule has 1 atom stereocenters. The minimum atomic E-state index is -0.844. The van der Waals surface area contributed by atoms with E-state index in [9.17, 15) is 4.79 Å². The topological polar surface area (TPSA) is 40.5 Å². The quantitative estimate of drug-likeness (QED) is 0.859. The van der Waals surface area contributed by atoms with Crippen LogP contribution in [0.25, 0.3) is 0 Å². The molecule has 3 nitrogen and oxygen atoms in total. The fraction of sp³-hybridized carbons (Fsp3) is 0.545. The van der Waals surface area contributed by atoms with Gasteiger partial charge in [0, 0.05) is 10.9 Å².